The maximum Gasteiger partial charge on any atom is 0.261 e. The first-order valence-corrected chi connectivity index (χ1v) is 6.54. The van der Waals surface area contributed by atoms with Gasteiger partial charge in [0.05, 0.1) is 16.3 Å². The Labute approximate surface area is 121 Å². The van der Waals surface area contributed by atoms with E-state index in [0.717, 1.165) is 0 Å². The molecule has 0 aliphatic heterocycles. The molecule has 5 heteroatoms. The van der Waals surface area contributed by atoms with Crippen LogP contribution in [-0.2, 0) is 0 Å². The zero-order valence-corrected chi connectivity index (χ0v) is 11.7. The Kier molecular flexibility index (Phi) is 4.25. The second kappa shape index (κ2) is 5.92. The lowest BCUT2D eigenvalue weighted by Crippen LogP contribution is -2.32. The highest BCUT2D eigenvalue weighted by atomic mass is 35.5. The van der Waals surface area contributed by atoms with Crippen LogP contribution in [-0.4, -0.2) is 12.5 Å². The minimum absolute atomic E-state index is 0.194. The van der Waals surface area contributed by atoms with Crippen molar-refractivity contribution in [2.24, 2.45) is 0 Å². The smallest absolute Gasteiger partial charge is 0.261 e. The third kappa shape index (κ3) is 2.60. The number of benzene rings is 2. The summed E-state index contributed by atoms with van der Waals surface area (Å²) in [7, 11) is 0. The monoisotopic (exact) mass is 292 g/mol. The number of carbonyl (C=O) groups excluding carboxylic acids is 1. The van der Waals surface area contributed by atoms with Crippen LogP contribution in [0.3, 0.4) is 0 Å². The molecule has 104 valence electrons. The van der Waals surface area contributed by atoms with Crippen LogP contribution in [0.5, 0.6) is 0 Å². The minimum atomic E-state index is -0.465. The van der Waals surface area contributed by atoms with Crippen LogP contribution in [0.2, 0.25) is 5.02 Å². The van der Waals surface area contributed by atoms with Gasteiger partial charge in [-0.2, -0.15) is 0 Å². The molecule has 2 aromatic carbocycles. The Morgan fingerprint density at radius 3 is 2.55 bits per heavy atom. The Morgan fingerprint density at radius 2 is 1.95 bits per heavy atom. The summed E-state index contributed by atoms with van der Waals surface area (Å²) in [5.74, 6) is -0.881. The number of para-hydroxylation sites is 1. The first kappa shape index (κ1) is 14.3. The molecule has 0 aliphatic rings. The molecule has 0 heterocycles. The summed E-state index contributed by atoms with van der Waals surface area (Å²) >= 11 is 6.03. The second-order valence-corrected chi connectivity index (χ2v) is 4.61. The molecular weight excluding hydrogens is 279 g/mol. The number of anilines is 2. The third-order valence-corrected chi connectivity index (χ3v) is 3.28. The van der Waals surface area contributed by atoms with Gasteiger partial charge in [0.25, 0.3) is 5.91 Å². The zero-order valence-electron chi connectivity index (χ0n) is 10.9. The van der Waals surface area contributed by atoms with Crippen LogP contribution >= 0.6 is 11.6 Å². The van der Waals surface area contributed by atoms with Crippen molar-refractivity contribution >= 4 is 28.9 Å². The molecule has 0 saturated heterocycles. The lowest BCUT2D eigenvalue weighted by Gasteiger charge is -2.22. The molecule has 0 radical (unpaired) electrons. The molecule has 0 fully saturated rings. The maximum absolute atomic E-state index is 13.8. The fourth-order valence-electron chi connectivity index (χ4n) is 2.00. The van der Waals surface area contributed by atoms with Gasteiger partial charge in [-0.15, -0.1) is 0 Å². The highest BCUT2D eigenvalue weighted by Gasteiger charge is 2.22. The fourth-order valence-corrected chi connectivity index (χ4v) is 2.26. The lowest BCUT2D eigenvalue weighted by molar-refractivity contribution is 0.0988. The standard InChI is InChI=1S/C15H14ClFN2O/c1-2-19(13-9-4-3-7-11(13)17)15(20)14-10(16)6-5-8-12(14)18/h3-9H,2,18H2,1H3. The molecule has 0 aliphatic carbocycles. The average molecular weight is 293 g/mol. The van der Waals surface area contributed by atoms with Crippen LogP contribution in [0.25, 0.3) is 0 Å². The molecule has 0 spiro atoms. The van der Waals surface area contributed by atoms with Crippen molar-refractivity contribution in [3.63, 3.8) is 0 Å². The summed E-state index contributed by atoms with van der Waals surface area (Å²) in [4.78, 5) is 13.9. The molecule has 3 nitrogen and oxygen atoms in total. The third-order valence-electron chi connectivity index (χ3n) is 2.96. The number of nitrogen functional groups attached to an aromatic ring is 1. The van der Waals surface area contributed by atoms with E-state index in [1.54, 1.807) is 43.3 Å². The van der Waals surface area contributed by atoms with Gasteiger partial charge in [-0.1, -0.05) is 29.8 Å². The largest absolute Gasteiger partial charge is 0.398 e. The van der Waals surface area contributed by atoms with Gasteiger partial charge in [0, 0.05) is 12.2 Å². The van der Waals surface area contributed by atoms with Gasteiger partial charge in [-0.05, 0) is 31.2 Å². The second-order valence-electron chi connectivity index (χ2n) is 4.20. The van der Waals surface area contributed by atoms with Crippen LogP contribution in [0.15, 0.2) is 42.5 Å². The lowest BCUT2D eigenvalue weighted by atomic mass is 10.1. The highest BCUT2D eigenvalue weighted by Crippen LogP contribution is 2.27. The molecule has 0 bridgehead atoms. The van der Waals surface area contributed by atoms with E-state index in [1.165, 1.54) is 11.0 Å². The number of amides is 1. The number of nitrogens with two attached hydrogens (primary N) is 1. The topological polar surface area (TPSA) is 46.3 Å². The molecule has 20 heavy (non-hydrogen) atoms. The normalized spacial score (nSPS) is 10.3. The van der Waals surface area contributed by atoms with Crippen LogP contribution in [0, 0.1) is 5.82 Å². The predicted octanol–water partition coefficient (Wildman–Crippen LogP) is 3.73. The van der Waals surface area contributed by atoms with Gasteiger partial charge in [0.1, 0.15) is 5.82 Å². The molecule has 0 aromatic heterocycles. The van der Waals surface area contributed by atoms with E-state index in [9.17, 15) is 9.18 Å². The van der Waals surface area contributed by atoms with E-state index in [0.29, 0.717) is 6.54 Å². The summed E-state index contributed by atoms with van der Waals surface area (Å²) in [6, 6.07) is 10.9. The number of hydrogen-bond donors (Lipinski definition) is 1. The summed E-state index contributed by atoms with van der Waals surface area (Å²) in [5, 5.41) is 0.254. The number of nitrogens with zero attached hydrogens (tertiary/aromatic N) is 1. The van der Waals surface area contributed by atoms with Crippen molar-refractivity contribution in [3.8, 4) is 0 Å². The molecule has 0 atom stereocenters. The maximum atomic E-state index is 13.8. The summed E-state index contributed by atoms with van der Waals surface area (Å²) < 4.78 is 13.8. The van der Waals surface area contributed by atoms with Crippen molar-refractivity contribution < 1.29 is 9.18 Å². The van der Waals surface area contributed by atoms with Gasteiger partial charge < -0.3 is 10.6 Å². The minimum Gasteiger partial charge on any atom is -0.398 e. The van der Waals surface area contributed by atoms with Crippen LogP contribution in [0.4, 0.5) is 15.8 Å². The fraction of sp³-hybridized carbons (Fsp3) is 0.133. The van der Waals surface area contributed by atoms with E-state index < -0.39 is 11.7 Å². The Morgan fingerprint density at radius 1 is 1.25 bits per heavy atom. The summed E-state index contributed by atoms with van der Waals surface area (Å²) in [6.45, 7) is 2.07. The molecule has 0 saturated carbocycles. The van der Waals surface area contributed by atoms with Crippen molar-refractivity contribution in [1.29, 1.82) is 0 Å². The van der Waals surface area contributed by atoms with Crippen molar-refractivity contribution in [2.45, 2.75) is 6.92 Å². The predicted molar refractivity (Wildman–Crippen MR) is 79.6 cm³/mol. The van der Waals surface area contributed by atoms with E-state index in [-0.39, 0.29) is 22.0 Å². The van der Waals surface area contributed by atoms with Crippen molar-refractivity contribution in [2.75, 3.05) is 17.2 Å². The average Bonchev–Trinajstić information content (AvgIpc) is 2.41. The van der Waals surface area contributed by atoms with E-state index in [1.807, 2.05) is 0 Å². The van der Waals surface area contributed by atoms with E-state index in [4.69, 9.17) is 17.3 Å². The summed E-state index contributed by atoms with van der Waals surface area (Å²) in [6.07, 6.45) is 0. The number of rotatable bonds is 3. The Balaban J connectivity index is 2.48. The Hall–Kier alpha value is -2.07. The number of carbonyl (C=O) groups is 1. The van der Waals surface area contributed by atoms with Gasteiger partial charge in [0.15, 0.2) is 0 Å². The Bertz CT molecular complexity index is 625. The molecule has 2 aromatic rings. The number of hydrogen-bond acceptors (Lipinski definition) is 2. The quantitative estimate of drug-likeness (QED) is 0.876. The van der Waals surface area contributed by atoms with Gasteiger partial charge in [-0.3, -0.25) is 4.79 Å². The van der Waals surface area contributed by atoms with Crippen LogP contribution in [0.1, 0.15) is 17.3 Å². The highest BCUT2D eigenvalue weighted by molar-refractivity contribution is 6.35. The SMILES string of the molecule is CCN(C(=O)c1c(N)cccc1Cl)c1ccccc1F. The van der Waals surface area contributed by atoms with Gasteiger partial charge in [-0.25, -0.2) is 4.39 Å². The van der Waals surface area contributed by atoms with Crippen molar-refractivity contribution in [1.82, 2.24) is 0 Å². The molecule has 1 amide bonds. The molecular formula is C15H14ClFN2O. The molecule has 2 rings (SSSR count). The van der Waals surface area contributed by atoms with Gasteiger partial charge >= 0.3 is 0 Å². The first-order chi connectivity index (χ1) is 9.56. The summed E-state index contributed by atoms with van der Waals surface area (Å²) in [5.41, 5.74) is 6.48. The van der Waals surface area contributed by atoms with Crippen molar-refractivity contribution in [3.05, 3.63) is 58.9 Å². The van der Waals surface area contributed by atoms with Gasteiger partial charge in [0.2, 0.25) is 0 Å². The molecule has 2 N–H and O–H groups in total. The zero-order chi connectivity index (χ0) is 14.7. The van der Waals surface area contributed by atoms with E-state index >= 15 is 0 Å². The van der Waals surface area contributed by atoms with Crippen LogP contribution < -0.4 is 10.6 Å². The van der Waals surface area contributed by atoms with E-state index in [2.05, 4.69) is 0 Å². The molecule has 0 unspecified atom stereocenters. The first-order valence-electron chi connectivity index (χ1n) is 6.16. The number of halogens is 2.